The number of aliphatic carboxylic acids is 1. The van der Waals surface area contributed by atoms with E-state index in [1.807, 2.05) is 0 Å². The molecule has 4 aliphatic rings. The number of esters is 1. The van der Waals surface area contributed by atoms with Crippen LogP contribution in [-0.4, -0.2) is 161 Å². The normalized spacial score (nSPS) is 20.0. The van der Waals surface area contributed by atoms with E-state index >= 15 is 17.6 Å². The van der Waals surface area contributed by atoms with E-state index in [-0.39, 0.29) is 95.5 Å². The van der Waals surface area contributed by atoms with Gasteiger partial charge in [-0.25, -0.2) is 51.1 Å². The van der Waals surface area contributed by atoms with Crippen LogP contribution in [0, 0.1) is 35.0 Å². The third-order valence-electron chi connectivity index (χ3n) is 18.8. The lowest BCUT2D eigenvalue weighted by Gasteiger charge is -2.36. The molecule has 0 saturated carbocycles. The first-order valence-electron chi connectivity index (χ1n) is 31.8. The number of alkyl carbamates (subject to hydrolysis) is 2. The predicted molar refractivity (Wildman–Crippen MR) is 338 cm³/mol. The van der Waals surface area contributed by atoms with Crippen LogP contribution in [0.25, 0.3) is 22.1 Å². The molecule has 9 atom stereocenters. The molecule has 0 unspecified atom stereocenters. The zero-order valence-corrected chi connectivity index (χ0v) is 54.3. The van der Waals surface area contributed by atoms with Crippen molar-refractivity contribution in [3.63, 3.8) is 0 Å². The Morgan fingerprint density at radius 2 is 1.19 bits per heavy atom. The number of nitrogens with zero attached hydrogens (tertiary/aromatic N) is 7. The number of anilines is 2. The van der Waals surface area contributed by atoms with Gasteiger partial charge in [0.25, 0.3) is 0 Å². The molecule has 514 valence electrons. The van der Waals surface area contributed by atoms with Gasteiger partial charge in [-0.2, -0.15) is 0 Å². The third kappa shape index (κ3) is 14.6. The standard InChI is InChI=1S/C67H78F5N11O13/c1-34(2)57(76-55(84)19-20-56(85)86)65(89)96-33-82-54-32-44(70)42(30-49(54)75-62(82)53-12-10-24-81(53)64(88)59(36(4)93-6)78-67(91)95-8)51-18-17-50(83(51)40-27-45(71)60(46(72)28-40)79-25-21-38(22-26-79)37-13-15-39(68)16-14-37)41-29-47-48(31-43(41)69)74-61(73-47)52-11-9-23-80(52)63(87)58(35(3)92-5)77-66(90)94-7/h13-16,19-20,27-32,34-36,38,50-53,57-59H,9-12,17-18,21-26,33H2,1-8H3,(H,73,74)(H,76,84)(H,77,90)(H,78,91)(H,85,86)/b20-19+/t35-,36-,50-,51-,52+,53+,57+,58+,59+/m1/s1. The number of aromatic nitrogens is 4. The Morgan fingerprint density at radius 3 is 1.75 bits per heavy atom. The summed E-state index contributed by atoms with van der Waals surface area (Å²) in [5, 5.41) is 16.7. The molecule has 0 radical (unpaired) electrons. The number of hydrogen-bond donors (Lipinski definition) is 5. The molecule has 4 aromatic carbocycles. The van der Waals surface area contributed by atoms with E-state index in [1.165, 1.54) is 61.1 Å². The van der Waals surface area contributed by atoms with Crippen LogP contribution < -0.4 is 25.8 Å². The number of carboxylic acid groups (broad SMARTS) is 1. The van der Waals surface area contributed by atoms with Gasteiger partial charge in [0, 0.05) is 81.5 Å². The molecule has 4 fully saturated rings. The minimum absolute atomic E-state index is 0.00714. The second-order valence-corrected chi connectivity index (χ2v) is 24.8. The van der Waals surface area contributed by atoms with E-state index in [9.17, 15) is 38.0 Å². The largest absolute Gasteiger partial charge is 0.478 e. The summed E-state index contributed by atoms with van der Waals surface area (Å²) >= 11 is 0. The summed E-state index contributed by atoms with van der Waals surface area (Å²) in [5.74, 6) is -8.35. The number of methoxy groups -OCH3 is 4. The molecule has 0 bridgehead atoms. The number of carbonyl (C=O) groups excluding carboxylic acids is 6. The summed E-state index contributed by atoms with van der Waals surface area (Å²) < 4.78 is 111. The Kier molecular flexibility index (Phi) is 21.5. The van der Waals surface area contributed by atoms with Gasteiger partial charge in [-0.1, -0.05) is 26.0 Å². The van der Waals surface area contributed by atoms with Crippen LogP contribution in [0.3, 0.4) is 0 Å². The molecule has 2 aromatic heterocycles. The molecule has 6 aromatic rings. The Labute approximate surface area is 549 Å². The highest BCUT2D eigenvalue weighted by molar-refractivity contribution is 5.96. The molecular formula is C67H78F5N11O13. The number of imidazole rings is 2. The SMILES string of the molecule is COC(=O)N[C@H](C(=O)N1CCC[C@H]1c1nc2cc(F)c([C@H]3CC[C@H](c4cc5nc([C@@H]6CCCN6C(=O)[C@@H](NC(=O)OC)[C@@H](C)OC)n(COC(=O)[C@@H](NC(=O)/C=C/C(=O)O)C(C)C)c5cc4F)N3c3cc(F)c(N4CCC(c5ccc(F)cc5)CC4)c(F)c3)cc2[nH]1)[C@@H](C)OC. The predicted octanol–water partition coefficient (Wildman–Crippen LogP) is 9.20. The lowest BCUT2D eigenvalue weighted by Crippen LogP contribution is -2.54. The average Bonchev–Trinajstić information content (AvgIpc) is 1.56. The topological polar surface area (TPSA) is 281 Å². The van der Waals surface area contributed by atoms with Crippen LogP contribution in [0.15, 0.2) is 72.8 Å². The Hall–Kier alpha value is -9.38. The van der Waals surface area contributed by atoms with E-state index in [2.05, 4.69) is 20.9 Å². The van der Waals surface area contributed by atoms with E-state index in [0.717, 1.165) is 36.9 Å². The van der Waals surface area contributed by atoms with Gasteiger partial charge in [0.15, 0.2) is 18.4 Å². The van der Waals surface area contributed by atoms with Crippen molar-refractivity contribution in [3.05, 3.63) is 130 Å². The lowest BCUT2D eigenvalue weighted by molar-refractivity contribution is -0.152. The molecular weight excluding hydrogens is 1260 g/mol. The molecule has 5 N–H and O–H groups in total. The van der Waals surface area contributed by atoms with Crippen LogP contribution in [0.2, 0.25) is 0 Å². The van der Waals surface area contributed by atoms with Gasteiger partial charge in [-0.3, -0.25) is 19.0 Å². The number of piperidine rings is 1. The van der Waals surface area contributed by atoms with Crippen LogP contribution >= 0.6 is 0 Å². The number of H-pyrrole nitrogens is 1. The van der Waals surface area contributed by atoms with Crippen molar-refractivity contribution in [2.24, 2.45) is 5.92 Å². The van der Waals surface area contributed by atoms with E-state index in [1.54, 1.807) is 54.5 Å². The maximum absolute atomic E-state index is 17.9. The molecule has 10 rings (SSSR count). The quantitative estimate of drug-likeness (QED) is 0.0183. The molecule has 5 amide bonds. The van der Waals surface area contributed by atoms with Gasteiger partial charge in [-0.15, -0.1) is 0 Å². The number of halogens is 5. The first kappa shape index (κ1) is 69.4. The number of aromatic amines is 1. The van der Waals surface area contributed by atoms with Crippen molar-refractivity contribution in [1.82, 2.24) is 45.3 Å². The summed E-state index contributed by atoms with van der Waals surface area (Å²) in [6, 6.07) is 6.36. The highest BCUT2D eigenvalue weighted by Crippen LogP contribution is 2.51. The van der Waals surface area contributed by atoms with Crippen molar-refractivity contribution in [3.8, 4) is 0 Å². The number of carboxylic acids is 1. The van der Waals surface area contributed by atoms with Gasteiger partial charge in [0.05, 0.1) is 72.7 Å². The second-order valence-electron chi connectivity index (χ2n) is 24.8. The molecule has 29 heteroatoms. The van der Waals surface area contributed by atoms with Gasteiger partial charge in [-0.05, 0) is 119 Å². The zero-order chi connectivity index (χ0) is 69.0. The van der Waals surface area contributed by atoms with Crippen molar-refractivity contribution in [2.75, 3.05) is 64.4 Å². The smallest absolute Gasteiger partial charge is 0.407 e. The zero-order valence-electron chi connectivity index (χ0n) is 54.3. The number of carbonyl (C=O) groups is 7. The van der Waals surface area contributed by atoms with Gasteiger partial charge in [0.1, 0.15) is 52.9 Å². The summed E-state index contributed by atoms with van der Waals surface area (Å²) in [6.45, 7) is 6.73. The summed E-state index contributed by atoms with van der Waals surface area (Å²) in [6.07, 6.45) is 0.852. The number of hydrogen-bond acceptors (Lipinski definition) is 16. The Morgan fingerprint density at radius 1 is 0.625 bits per heavy atom. The van der Waals surface area contributed by atoms with E-state index in [0.29, 0.717) is 56.1 Å². The summed E-state index contributed by atoms with van der Waals surface area (Å²) in [7, 11) is 5.06. The number of likely N-dealkylation sites (tertiary alicyclic amines) is 2. The third-order valence-corrected chi connectivity index (χ3v) is 18.8. The fourth-order valence-electron chi connectivity index (χ4n) is 13.7. The molecule has 6 heterocycles. The van der Waals surface area contributed by atoms with Crippen LogP contribution in [0.4, 0.5) is 42.9 Å². The van der Waals surface area contributed by atoms with Crippen molar-refractivity contribution in [2.45, 2.75) is 146 Å². The Bertz CT molecular complexity index is 3910. The van der Waals surface area contributed by atoms with E-state index < -0.39 is 132 Å². The van der Waals surface area contributed by atoms with Crippen LogP contribution in [-0.2, 0) is 54.4 Å². The van der Waals surface area contributed by atoms with Crippen LogP contribution in [0.1, 0.15) is 137 Å². The molecule has 96 heavy (non-hydrogen) atoms. The van der Waals surface area contributed by atoms with Crippen molar-refractivity contribution < 1.29 is 84.3 Å². The summed E-state index contributed by atoms with van der Waals surface area (Å²) in [5.41, 5.74) is 1.29. The number of amides is 5. The summed E-state index contributed by atoms with van der Waals surface area (Å²) in [4.78, 5) is 111. The molecule has 4 saturated heterocycles. The second kappa shape index (κ2) is 29.7. The molecule has 0 aliphatic carbocycles. The van der Waals surface area contributed by atoms with Crippen molar-refractivity contribution >= 4 is 75.3 Å². The monoisotopic (exact) mass is 1340 g/mol. The van der Waals surface area contributed by atoms with Gasteiger partial charge < -0.3 is 69.3 Å². The highest BCUT2D eigenvalue weighted by atomic mass is 19.1. The van der Waals surface area contributed by atoms with Gasteiger partial charge in [0.2, 0.25) is 17.7 Å². The minimum atomic E-state index is -1.40. The maximum atomic E-state index is 17.9. The van der Waals surface area contributed by atoms with Gasteiger partial charge >= 0.3 is 24.1 Å². The number of ether oxygens (including phenoxy) is 5. The number of fused-ring (bicyclic) bond motifs is 2. The number of nitrogens with one attached hydrogen (secondary N) is 4. The first-order valence-corrected chi connectivity index (χ1v) is 31.8. The lowest BCUT2D eigenvalue weighted by atomic mass is 9.89. The number of benzene rings is 4. The average molecular weight is 1340 g/mol. The molecule has 4 aliphatic heterocycles. The fourth-order valence-corrected chi connectivity index (χ4v) is 13.7. The van der Waals surface area contributed by atoms with E-state index in [4.69, 9.17) is 38.8 Å². The molecule has 0 spiro atoms. The highest BCUT2D eigenvalue weighted by Gasteiger charge is 2.44. The van der Waals surface area contributed by atoms with Crippen LogP contribution in [0.5, 0.6) is 0 Å². The first-order chi connectivity index (χ1) is 45.9. The molecule has 24 nitrogen and oxygen atoms in total. The Balaban J connectivity index is 1.05. The minimum Gasteiger partial charge on any atom is -0.478 e. The van der Waals surface area contributed by atoms with Crippen molar-refractivity contribution in [1.29, 1.82) is 0 Å². The fraction of sp³-hybridized carbons (Fsp3) is 0.478. The number of rotatable bonds is 22. The maximum Gasteiger partial charge on any atom is 0.407 e.